The molecule has 0 unspecified atom stereocenters. The Balaban J connectivity index is 2.75. The molecule has 0 spiro atoms. The minimum atomic E-state index is -1.64. The third-order valence-corrected chi connectivity index (χ3v) is 0.865. The van der Waals surface area contributed by atoms with E-state index in [0.29, 0.717) is 13.2 Å². The normalized spacial score (nSPS) is 9.67. The molecule has 0 bridgehead atoms. The van der Waals surface area contributed by atoms with Crippen molar-refractivity contribution < 1.29 is 14.7 Å². The van der Waals surface area contributed by atoms with Gasteiger partial charge in [0.1, 0.15) is 0 Å². The average Bonchev–Trinajstić information content (AvgIpc) is 1.80. The molecule has 0 heterocycles. The van der Waals surface area contributed by atoms with E-state index in [2.05, 4.69) is 4.65 Å². The quantitative estimate of drug-likeness (QED) is 0.322. The lowest BCUT2D eigenvalue weighted by Crippen LogP contribution is -2.17. The minimum Gasteiger partial charge on any atom is -0.402 e. The molecule has 0 aliphatic carbocycles. The molecule has 0 radical (unpaired) electrons. The number of hydrogen-bond donors (Lipinski definition) is 3. The molecule has 0 aromatic carbocycles. The number of unbranched alkanes of at least 4 members (excludes halogenated alkanes) is 1. The van der Waals surface area contributed by atoms with Gasteiger partial charge in [-0.2, -0.15) is 0 Å². The first-order chi connectivity index (χ1) is 4.27. The van der Waals surface area contributed by atoms with Crippen molar-refractivity contribution in [1.82, 2.24) is 0 Å². The zero-order chi connectivity index (χ0) is 7.11. The molecule has 0 saturated heterocycles. The van der Waals surface area contributed by atoms with Gasteiger partial charge in [-0.1, -0.05) is 0 Å². The van der Waals surface area contributed by atoms with Gasteiger partial charge in [-0.25, -0.2) is 0 Å². The molecule has 0 aliphatic heterocycles. The SMILES string of the molecule is NCCCCOB(O)O. The summed E-state index contributed by atoms with van der Waals surface area (Å²) in [5.74, 6) is 0. The second kappa shape index (κ2) is 6.03. The van der Waals surface area contributed by atoms with Gasteiger partial charge in [0, 0.05) is 6.61 Å². The van der Waals surface area contributed by atoms with Crippen LogP contribution in [0.4, 0.5) is 0 Å². The Morgan fingerprint density at radius 3 is 2.44 bits per heavy atom. The Morgan fingerprint density at radius 2 is 2.00 bits per heavy atom. The number of rotatable bonds is 5. The van der Waals surface area contributed by atoms with Gasteiger partial charge in [-0.05, 0) is 19.4 Å². The molecule has 54 valence electrons. The van der Waals surface area contributed by atoms with Gasteiger partial charge >= 0.3 is 7.32 Å². The van der Waals surface area contributed by atoms with Crippen molar-refractivity contribution >= 4 is 7.32 Å². The van der Waals surface area contributed by atoms with Gasteiger partial charge in [-0.15, -0.1) is 0 Å². The topological polar surface area (TPSA) is 75.7 Å². The van der Waals surface area contributed by atoms with Crippen LogP contribution in [0.1, 0.15) is 12.8 Å². The van der Waals surface area contributed by atoms with Crippen molar-refractivity contribution in [3.63, 3.8) is 0 Å². The van der Waals surface area contributed by atoms with Gasteiger partial charge in [-0.3, -0.25) is 0 Å². The molecule has 0 fully saturated rings. The molecule has 0 atom stereocenters. The zero-order valence-corrected chi connectivity index (χ0v) is 5.29. The predicted octanol–water partition coefficient (Wildman–Crippen LogP) is -1.29. The van der Waals surface area contributed by atoms with E-state index in [4.69, 9.17) is 15.8 Å². The first-order valence-corrected chi connectivity index (χ1v) is 2.95. The first-order valence-electron chi connectivity index (χ1n) is 2.95. The van der Waals surface area contributed by atoms with Crippen LogP contribution in [0, 0.1) is 0 Å². The zero-order valence-electron chi connectivity index (χ0n) is 5.29. The standard InChI is InChI=1S/C4H12BNO3/c6-3-1-2-4-9-5(7)8/h7-8H,1-4,6H2. The highest BCUT2D eigenvalue weighted by molar-refractivity contribution is 6.32. The summed E-state index contributed by atoms with van der Waals surface area (Å²) in [5.41, 5.74) is 5.16. The molecule has 4 nitrogen and oxygen atoms in total. The van der Waals surface area contributed by atoms with E-state index in [-0.39, 0.29) is 0 Å². The summed E-state index contributed by atoms with van der Waals surface area (Å²) in [6, 6.07) is 0. The maximum atomic E-state index is 8.15. The highest BCUT2D eigenvalue weighted by Crippen LogP contribution is 1.86. The monoisotopic (exact) mass is 133 g/mol. The smallest absolute Gasteiger partial charge is 0.402 e. The summed E-state index contributed by atoms with van der Waals surface area (Å²) in [7, 11) is -1.64. The molecule has 0 aliphatic rings. The van der Waals surface area contributed by atoms with Gasteiger partial charge in [0.05, 0.1) is 0 Å². The fraction of sp³-hybridized carbons (Fsp3) is 1.00. The van der Waals surface area contributed by atoms with Crippen molar-refractivity contribution in [1.29, 1.82) is 0 Å². The van der Waals surface area contributed by atoms with E-state index in [9.17, 15) is 0 Å². The lowest BCUT2D eigenvalue weighted by atomic mass is 10.2. The van der Waals surface area contributed by atoms with E-state index in [1.54, 1.807) is 0 Å². The van der Waals surface area contributed by atoms with Crippen molar-refractivity contribution in [3.8, 4) is 0 Å². The van der Waals surface area contributed by atoms with Crippen molar-refractivity contribution in [2.24, 2.45) is 5.73 Å². The van der Waals surface area contributed by atoms with Crippen LogP contribution in [0.2, 0.25) is 0 Å². The summed E-state index contributed by atoms with van der Waals surface area (Å²) >= 11 is 0. The largest absolute Gasteiger partial charge is 0.633 e. The lowest BCUT2D eigenvalue weighted by molar-refractivity contribution is 0.183. The fourth-order valence-electron chi connectivity index (χ4n) is 0.435. The third kappa shape index (κ3) is 7.90. The van der Waals surface area contributed by atoms with Crippen LogP contribution < -0.4 is 5.73 Å². The molecule has 0 aromatic heterocycles. The molecular formula is C4H12BNO3. The minimum absolute atomic E-state index is 0.356. The Hall–Kier alpha value is -0.0951. The molecule has 0 rings (SSSR count). The van der Waals surface area contributed by atoms with Gasteiger partial charge < -0.3 is 20.4 Å². The Labute approximate surface area is 54.8 Å². The van der Waals surface area contributed by atoms with Crippen molar-refractivity contribution in [2.75, 3.05) is 13.2 Å². The lowest BCUT2D eigenvalue weighted by Gasteiger charge is -1.99. The first kappa shape index (κ1) is 8.90. The van der Waals surface area contributed by atoms with Crippen molar-refractivity contribution in [3.05, 3.63) is 0 Å². The Morgan fingerprint density at radius 1 is 1.33 bits per heavy atom. The van der Waals surface area contributed by atoms with Crippen LogP contribution in [0.3, 0.4) is 0 Å². The van der Waals surface area contributed by atoms with Crippen LogP contribution in [0.25, 0.3) is 0 Å². The maximum Gasteiger partial charge on any atom is 0.633 e. The summed E-state index contributed by atoms with van der Waals surface area (Å²) in [5, 5.41) is 16.3. The van der Waals surface area contributed by atoms with Crippen LogP contribution in [0.15, 0.2) is 0 Å². The Kier molecular flexibility index (Phi) is 5.97. The predicted molar refractivity (Wildman–Crippen MR) is 34.4 cm³/mol. The number of hydrogen-bond acceptors (Lipinski definition) is 4. The summed E-state index contributed by atoms with van der Waals surface area (Å²) < 4.78 is 4.40. The van der Waals surface area contributed by atoms with Crippen molar-refractivity contribution in [2.45, 2.75) is 12.8 Å². The second-order valence-electron chi connectivity index (χ2n) is 1.69. The van der Waals surface area contributed by atoms with E-state index < -0.39 is 7.32 Å². The van der Waals surface area contributed by atoms with Crippen LogP contribution >= 0.6 is 0 Å². The second-order valence-corrected chi connectivity index (χ2v) is 1.69. The van der Waals surface area contributed by atoms with Crippen LogP contribution in [-0.2, 0) is 4.65 Å². The average molecular weight is 133 g/mol. The summed E-state index contributed by atoms with van der Waals surface area (Å²) in [4.78, 5) is 0. The molecule has 0 aromatic rings. The maximum absolute atomic E-state index is 8.15. The van der Waals surface area contributed by atoms with E-state index in [1.165, 1.54) is 0 Å². The van der Waals surface area contributed by atoms with E-state index >= 15 is 0 Å². The molecular weight excluding hydrogens is 121 g/mol. The Bertz CT molecular complexity index is 61.8. The molecule has 0 saturated carbocycles. The molecule has 4 N–H and O–H groups in total. The van der Waals surface area contributed by atoms with E-state index in [1.807, 2.05) is 0 Å². The molecule has 0 amide bonds. The van der Waals surface area contributed by atoms with Gasteiger partial charge in [0.15, 0.2) is 0 Å². The molecule has 5 heteroatoms. The van der Waals surface area contributed by atoms with Gasteiger partial charge in [0.25, 0.3) is 0 Å². The highest BCUT2D eigenvalue weighted by Gasteiger charge is 2.05. The van der Waals surface area contributed by atoms with Crippen LogP contribution in [-0.4, -0.2) is 30.5 Å². The van der Waals surface area contributed by atoms with Crippen LogP contribution in [0.5, 0.6) is 0 Å². The number of nitrogens with two attached hydrogens (primary N) is 1. The fourth-order valence-corrected chi connectivity index (χ4v) is 0.435. The summed E-state index contributed by atoms with van der Waals surface area (Å²) in [6.07, 6.45) is 1.63. The van der Waals surface area contributed by atoms with E-state index in [0.717, 1.165) is 12.8 Å². The third-order valence-electron chi connectivity index (χ3n) is 0.865. The summed E-state index contributed by atoms with van der Waals surface area (Å²) in [6.45, 7) is 0.972. The molecule has 9 heavy (non-hydrogen) atoms. The highest BCUT2D eigenvalue weighted by atomic mass is 16.6. The van der Waals surface area contributed by atoms with Gasteiger partial charge in [0.2, 0.25) is 0 Å².